The molecule has 2 fully saturated rings. The molecule has 0 aliphatic heterocycles. The number of aryl methyl sites for hydroxylation is 2. The molecule has 7 nitrogen and oxygen atoms in total. The van der Waals surface area contributed by atoms with Gasteiger partial charge in [0.2, 0.25) is 0 Å². The number of aromatic nitrogens is 5. The SMILES string of the molecule is CC[C@@H](c1nnnn1C1CCCCC1)N(Cc1cc2ccc(C)c(C)c2[nH]c1=O)C1CCCC1. The number of pyridine rings is 1. The number of hydrogen-bond donors (Lipinski definition) is 1. The lowest BCUT2D eigenvalue weighted by Gasteiger charge is -2.36. The zero-order valence-corrected chi connectivity index (χ0v) is 20.9. The van der Waals surface area contributed by atoms with Crippen LogP contribution in [0.3, 0.4) is 0 Å². The fraction of sp³-hybridized carbons (Fsp3) is 0.630. The van der Waals surface area contributed by atoms with E-state index in [0.29, 0.717) is 18.6 Å². The van der Waals surface area contributed by atoms with E-state index >= 15 is 0 Å². The molecule has 2 aliphatic carbocycles. The van der Waals surface area contributed by atoms with Crippen LogP contribution >= 0.6 is 0 Å². The molecule has 1 aromatic carbocycles. The number of fused-ring (bicyclic) bond motifs is 1. The minimum Gasteiger partial charge on any atom is -0.321 e. The molecule has 2 aliphatic rings. The van der Waals surface area contributed by atoms with Crippen LogP contribution in [0.1, 0.15) is 106 Å². The highest BCUT2D eigenvalue weighted by Crippen LogP contribution is 2.36. The average molecular weight is 463 g/mol. The Morgan fingerprint density at radius 2 is 1.82 bits per heavy atom. The quantitative estimate of drug-likeness (QED) is 0.499. The van der Waals surface area contributed by atoms with Crippen LogP contribution in [-0.4, -0.2) is 36.1 Å². The first-order valence-corrected chi connectivity index (χ1v) is 13.2. The van der Waals surface area contributed by atoms with Gasteiger partial charge in [-0.25, -0.2) is 4.68 Å². The van der Waals surface area contributed by atoms with E-state index in [1.54, 1.807) is 0 Å². The maximum atomic E-state index is 13.2. The molecule has 1 atom stereocenters. The molecule has 0 spiro atoms. The zero-order chi connectivity index (χ0) is 23.7. The first kappa shape index (κ1) is 23.2. The summed E-state index contributed by atoms with van der Waals surface area (Å²) >= 11 is 0. The van der Waals surface area contributed by atoms with Crippen molar-refractivity contribution in [2.24, 2.45) is 0 Å². The first-order valence-electron chi connectivity index (χ1n) is 13.2. The third-order valence-electron chi connectivity index (χ3n) is 8.30. The van der Waals surface area contributed by atoms with Crippen molar-refractivity contribution < 1.29 is 0 Å². The van der Waals surface area contributed by atoms with E-state index in [9.17, 15) is 4.79 Å². The minimum atomic E-state index is 0.0194. The number of benzene rings is 1. The minimum absolute atomic E-state index is 0.0194. The summed E-state index contributed by atoms with van der Waals surface area (Å²) in [5.74, 6) is 0.977. The maximum Gasteiger partial charge on any atom is 0.252 e. The van der Waals surface area contributed by atoms with E-state index in [1.807, 2.05) is 0 Å². The summed E-state index contributed by atoms with van der Waals surface area (Å²) in [6.45, 7) is 7.02. The van der Waals surface area contributed by atoms with Crippen molar-refractivity contribution in [3.8, 4) is 0 Å². The van der Waals surface area contributed by atoms with E-state index in [1.165, 1.54) is 50.5 Å². The Balaban J connectivity index is 1.51. The Morgan fingerprint density at radius 1 is 1.09 bits per heavy atom. The van der Waals surface area contributed by atoms with Crippen LogP contribution in [0.5, 0.6) is 0 Å². The van der Waals surface area contributed by atoms with Crippen molar-refractivity contribution in [1.82, 2.24) is 30.1 Å². The lowest BCUT2D eigenvalue weighted by atomic mass is 9.95. The van der Waals surface area contributed by atoms with Gasteiger partial charge in [-0.2, -0.15) is 0 Å². The number of hydrogen-bond acceptors (Lipinski definition) is 5. The Kier molecular flexibility index (Phi) is 6.82. The molecule has 0 amide bonds. The lowest BCUT2D eigenvalue weighted by Crippen LogP contribution is -2.39. The Morgan fingerprint density at radius 3 is 2.56 bits per heavy atom. The van der Waals surface area contributed by atoms with Crippen molar-refractivity contribution in [2.45, 2.75) is 110 Å². The van der Waals surface area contributed by atoms with E-state index < -0.39 is 0 Å². The second-order valence-corrected chi connectivity index (χ2v) is 10.4. The second-order valence-electron chi connectivity index (χ2n) is 10.4. The van der Waals surface area contributed by atoms with Crippen LogP contribution in [-0.2, 0) is 6.54 Å². The molecule has 0 saturated heterocycles. The number of nitrogens with zero attached hydrogens (tertiary/aromatic N) is 5. The smallest absolute Gasteiger partial charge is 0.252 e. The number of tetrazole rings is 1. The largest absolute Gasteiger partial charge is 0.321 e. The fourth-order valence-electron chi connectivity index (χ4n) is 6.18. The molecule has 182 valence electrons. The van der Waals surface area contributed by atoms with Gasteiger partial charge in [0.15, 0.2) is 5.82 Å². The highest BCUT2D eigenvalue weighted by molar-refractivity contribution is 5.83. The van der Waals surface area contributed by atoms with Crippen LogP contribution < -0.4 is 5.56 Å². The van der Waals surface area contributed by atoms with Crippen LogP contribution in [0.4, 0.5) is 0 Å². The summed E-state index contributed by atoms with van der Waals surface area (Å²) in [5, 5.41) is 14.3. The zero-order valence-electron chi connectivity index (χ0n) is 20.9. The average Bonchev–Trinajstić information content (AvgIpc) is 3.56. The molecule has 34 heavy (non-hydrogen) atoms. The summed E-state index contributed by atoms with van der Waals surface area (Å²) in [7, 11) is 0. The normalized spacial score (nSPS) is 18.8. The standard InChI is InChI=1S/C27H38N6O/c1-4-24(26-29-30-31-33(26)23-12-6-5-7-13-23)32(22-10-8-9-11-22)17-21-16-20-15-14-18(2)19(3)25(20)28-27(21)34/h14-16,22-24H,4-13,17H2,1-3H3,(H,28,34)/t24-/m0/s1. The van der Waals surface area contributed by atoms with Crippen molar-refractivity contribution in [1.29, 1.82) is 0 Å². The molecular weight excluding hydrogens is 424 g/mol. The van der Waals surface area contributed by atoms with Gasteiger partial charge in [0, 0.05) is 18.2 Å². The number of aromatic amines is 1. The predicted molar refractivity (Wildman–Crippen MR) is 135 cm³/mol. The summed E-state index contributed by atoms with van der Waals surface area (Å²) in [6.07, 6.45) is 11.9. The number of nitrogens with one attached hydrogen (secondary N) is 1. The Labute approximate surface area is 201 Å². The van der Waals surface area contributed by atoms with Gasteiger partial charge >= 0.3 is 0 Å². The molecule has 0 unspecified atom stereocenters. The van der Waals surface area contributed by atoms with Crippen LogP contribution in [0, 0.1) is 13.8 Å². The monoisotopic (exact) mass is 462 g/mol. The third-order valence-corrected chi connectivity index (χ3v) is 8.30. The number of H-pyrrole nitrogens is 1. The molecule has 0 radical (unpaired) electrons. The van der Waals surface area contributed by atoms with E-state index in [-0.39, 0.29) is 11.6 Å². The van der Waals surface area contributed by atoms with Gasteiger partial charge in [-0.05, 0) is 79.0 Å². The predicted octanol–water partition coefficient (Wildman–Crippen LogP) is 5.53. The van der Waals surface area contributed by atoms with Crippen LogP contribution in [0.2, 0.25) is 0 Å². The van der Waals surface area contributed by atoms with Crippen molar-refractivity contribution >= 4 is 10.9 Å². The third kappa shape index (κ3) is 4.42. The number of rotatable bonds is 7. The molecule has 0 bridgehead atoms. The summed E-state index contributed by atoms with van der Waals surface area (Å²) < 4.78 is 2.12. The van der Waals surface area contributed by atoms with Gasteiger partial charge in [0.1, 0.15) is 0 Å². The second kappa shape index (κ2) is 9.98. The molecule has 2 saturated carbocycles. The molecule has 5 rings (SSSR count). The van der Waals surface area contributed by atoms with Crippen LogP contribution in [0.15, 0.2) is 23.0 Å². The van der Waals surface area contributed by atoms with Gasteiger partial charge in [0.25, 0.3) is 5.56 Å². The molecule has 2 aromatic heterocycles. The molecule has 2 heterocycles. The fourth-order valence-corrected chi connectivity index (χ4v) is 6.18. The van der Waals surface area contributed by atoms with Gasteiger partial charge in [-0.15, -0.1) is 5.10 Å². The summed E-state index contributed by atoms with van der Waals surface area (Å²) in [4.78, 5) is 19.0. The van der Waals surface area contributed by atoms with Crippen LogP contribution in [0.25, 0.3) is 10.9 Å². The van der Waals surface area contributed by atoms with Crippen molar-refractivity contribution in [2.75, 3.05) is 0 Å². The topological polar surface area (TPSA) is 79.7 Å². The summed E-state index contributed by atoms with van der Waals surface area (Å²) in [5.41, 5.74) is 4.15. The molecule has 1 N–H and O–H groups in total. The Hall–Kier alpha value is -2.54. The van der Waals surface area contributed by atoms with Gasteiger partial charge in [-0.3, -0.25) is 9.69 Å². The van der Waals surface area contributed by atoms with Crippen molar-refractivity contribution in [3.05, 3.63) is 51.1 Å². The summed E-state index contributed by atoms with van der Waals surface area (Å²) in [6, 6.07) is 7.32. The first-order chi connectivity index (χ1) is 16.6. The highest BCUT2D eigenvalue weighted by atomic mass is 16.1. The van der Waals surface area contributed by atoms with E-state index in [0.717, 1.165) is 47.1 Å². The van der Waals surface area contributed by atoms with E-state index in [4.69, 9.17) is 0 Å². The molecular formula is C27H38N6O. The maximum absolute atomic E-state index is 13.2. The molecule has 7 heteroatoms. The van der Waals surface area contributed by atoms with Gasteiger partial charge < -0.3 is 4.98 Å². The van der Waals surface area contributed by atoms with Crippen molar-refractivity contribution in [3.63, 3.8) is 0 Å². The van der Waals surface area contributed by atoms with Gasteiger partial charge in [-0.1, -0.05) is 51.2 Å². The van der Waals surface area contributed by atoms with E-state index in [2.05, 4.69) is 69.1 Å². The highest BCUT2D eigenvalue weighted by Gasteiger charge is 2.34. The lowest BCUT2D eigenvalue weighted by molar-refractivity contribution is 0.109. The molecule has 3 aromatic rings. The Bertz CT molecular complexity index is 1190. The van der Waals surface area contributed by atoms with Gasteiger partial charge in [0.05, 0.1) is 17.6 Å².